The van der Waals surface area contributed by atoms with E-state index in [2.05, 4.69) is 225 Å². The zero-order valence-electron chi connectivity index (χ0n) is 20.3. The molecule has 4 aromatic carbocycles. The quantitative estimate of drug-likeness (QED) is 0.145. The van der Waals surface area contributed by atoms with Crippen LogP contribution in [0.2, 0.25) is 0 Å². The Morgan fingerprint density at radius 2 is 0.300 bits per heavy atom. The molecule has 0 nitrogen and oxygen atoms in total. The van der Waals surface area contributed by atoms with Crippen LogP contribution < -0.4 is 0 Å². The van der Waals surface area contributed by atoms with Gasteiger partial charge in [0.25, 0.3) is 0 Å². The monoisotopic (exact) mass is 1030 g/mol. The van der Waals surface area contributed by atoms with E-state index >= 15 is 0 Å². The Hall–Kier alpha value is -0.320. The summed E-state index contributed by atoms with van der Waals surface area (Å²) in [4.78, 5) is 0. The zero-order chi connectivity index (χ0) is 28.6. The molecular weight excluding hydrogens is 1020 g/mol. The molecule has 0 aromatic heterocycles. The molecule has 200 valence electrons. The van der Waals surface area contributed by atoms with Gasteiger partial charge in [0.05, 0.1) is 0 Å². The summed E-state index contributed by atoms with van der Waals surface area (Å²) in [5.41, 5.74) is 8.59. The molecule has 0 saturated heterocycles. The van der Waals surface area contributed by atoms with Crippen LogP contribution in [-0.4, -0.2) is 0 Å². The Kier molecular flexibility index (Phi) is 10.5. The lowest BCUT2D eigenvalue weighted by Gasteiger charge is -2.09. The highest BCUT2D eigenvalue weighted by Gasteiger charge is 2.09. The van der Waals surface area contributed by atoms with E-state index in [1.54, 1.807) is 0 Å². The van der Waals surface area contributed by atoms with Crippen LogP contribution >= 0.6 is 127 Å². The maximum atomic E-state index is 3.76. The normalized spacial score (nSPS) is 15.0. The molecule has 0 aliphatic heterocycles. The maximum absolute atomic E-state index is 3.76. The molecule has 40 heavy (non-hydrogen) atoms. The molecule has 10 aliphatic carbocycles. The maximum Gasteiger partial charge on any atom is 0.0254 e. The van der Waals surface area contributed by atoms with Gasteiger partial charge in [-0.15, -0.1) is 0 Å². The molecule has 0 radical (unpaired) electrons. The van der Waals surface area contributed by atoms with Gasteiger partial charge < -0.3 is 0 Å². The van der Waals surface area contributed by atoms with Gasteiger partial charge in [0.1, 0.15) is 0 Å². The summed E-state index contributed by atoms with van der Waals surface area (Å²) in [5, 5.41) is 0. The summed E-state index contributed by atoms with van der Waals surface area (Å²) in [5.74, 6) is 0. The van der Waals surface area contributed by atoms with Crippen molar-refractivity contribution >= 4 is 176 Å². The highest BCUT2D eigenvalue weighted by molar-refractivity contribution is 9.11. The standard InChI is InChI=1S/C32H16Br8/c33-25-11-19-3-4-21-13-30(38)23(15-29(21)37)7-8-24-16-31(39)22(14-32(24)40)6-5-20-12-27(35)18(10-28(20)36)2-1-17(25)9-26(19)34/h1-16H/b2-1-,4-3-,6-5-,8-7?,17-1?,18-2?,19-3?,20-5?,21-4?,22-6?,23-7?,24-8?. The van der Waals surface area contributed by atoms with Gasteiger partial charge in [-0.3, -0.25) is 0 Å². The molecule has 10 aliphatic rings. The molecule has 0 fully saturated rings. The van der Waals surface area contributed by atoms with Crippen molar-refractivity contribution in [1.29, 1.82) is 0 Å². The molecule has 0 spiro atoms. The molecule has 14 rings (SSSR count). The minimum atomic E-state index is 1.01. The van der Waals surface area contributed by atoms with E-state index in [-0.39, 0.29) is 0 Å². The Morgan fingerprint density at radius 1 is 0.200 bits per heavy atom. The minimum absolute atomic E-state index is 1.01. The molecule has 4 aromatic rings. The third-order valence-corrected chi connectivity index (χ3v) is 11.7. The van der Waals surface area contributed by atoms with Crippen molar-refractivity contribution < 1.29 is 0 Å². The number of halogens is 8. The molecular formula is C32H16Br8. The average molecular weight is 1040 g/mol. The lowest BCUT2D eigenvalue weighted by molar-refractivity contribution is 1.50. The summed E-state index contributed by atoms with van der Waals surface area (Å²) in [6.45, 7) is 0. The van der Waals surface area contributed by atoms with Gasteiger partial charge in [-0.2, -0.15) is 0 Å². The highest BCUT2D eigenvalue weighted by Crippen LogP contribution is 2.35. The molecule has 8 heteroatoms. The van der Waals surface area contributed by atoms with Gasteiger partial charge in [-0.1, -0.05) is 176 Å². The summed E-state index contributed by atoms with van der Waals surface area (Å²) in [7, 11) is 0. The first-order valence-corrected chi connectivity index (χ1v) is 18.1. The molecule has 0 atom stereocenters. The fourth-order valence-electron chi connectivity index (χ4n) is 4.05. The van der Waals surface area contributed by atoms with Crippen LogP contribution in [-0.2, 0) is 0 Å². The van der Waals surface area contributed by atoms with Crippen LogP contribution in [0.5, 0.6) is 0 Å². The Balaban J connectivity index is 1.67. The van der Waals surface area contributed by atoms with Gasteiger partial charge in [0.2, 0.25) is 0 Å². The van der Waals surface area contributed by atoms with Crippen molar-refractivity contribution in [2.45, 2.75) is 0 Å². The fourth-order valence-corrected chi connectivity index (χ4v) is 8.00. The first-order chi connectivity index (χ1) is 19.1. The Morgan fingerprint density at radius 3 is 0.400 bits per heavy atom. The van der Waals surface area contributed by atoms with Crippen molar-refractivity contribution in [1.82, 2.24) is 0 Å². The Labute approximate surface area is 301 Å². The summed E-state index contributed by atoms with van der Waals surface area (Å²) >= 11 is 30.1. The second-order valence-electron chi connectivity index (χ2n) is 8.91. The predicted octanol–water partition coefficient (Wildman–Crippen LogP) is 14.8. The van der Waals surface area contributed by atoms with Crippen LogP contribution in [0, 0.1) is 0 Å². The molecule has 0 saturated carbocycles. The van der Waals surface area contributed by atoms with Crippen LogP contribution in [0.25, 0.3) is 48.6 Å². The molecule has 0 heterocycles. The van der Waals surface area contributed by atoms with Crippen LogP contribution in [0.4, 0.5) is 0 Å². The lowest BCUT2D eigenvalue weighted by atomic mass is 10.0. The van der Waals surface area contributed by atoms with Crippen molar-refractivity contribution in [3.63, 3.8) is 0 Å². The molecule has 8 bridgehead atoms. The molecule has 0 unspecified atom stereocenters. The number of benzene rings is 4. The summed E-state index contributed by atoms with van der Waals surface area (Å²) in [6.07, 6.45) is 16.9. The van der Waals surface area contributed by atoms with Crippen molar-refractivity contribution in [3.8, 4) is 0 Å². The largest absolute Gasteiger partial charge is 0.0532 e. The van der Waals surface area contributed by atoms with Crippen molar-refractivity contribution in [3.05, 3.63) is 129 Å². The van der Waals surface area contributed by atoms with E-state index in [4.69, 9.17) is 0 Å². The van der Waals surface area contributed by atoms with Gasteiger partial charge >= 0.3 is 0 Å². The van der Waals surface area contributed by atoms with Gasteiger partial charge in [0.15, 0.2) is 0 Å². The van der Waals surface area contributed by atoms with E-state index in [1.807, 2.05) is 0 Å². The predicted molar refractivity (Wildman–Crippen MR) is 203 cm³/mol. The number of hydrogen-bond acceptors (Lipinski definition) is 0. The topological polar surface area (TPSA) is 0 Å². The van der Waals surface area contributed by atoms with E-state index < -0.39 is 0 Å². The van der Waals surface area contributed by atoms with Crippen LogP contribution in [0.3, 0.4) is 0 Å². The smallest absolute Gasteiger partial charge is 0.0254 e. The van der Waals surface area contributed by atoms with Gasteiger partial charge in [-0.05, 0) is 93.0 Å². The van der Waals surface area contributed by atoms with Gasteiger partial charge in [0, 0.05) is 35.8 Å². The van der Waals surface area contributed by atoms with E-state index in [9.17, 15) is 0 Å². The van der Waals surface area contributed by atoms with Crippen LogP contribution in [0.15, 0.2) is 84.3 Å². The van der Waals surface area contributed by atoms with E-state index in [0.717, 1.165) is 80.3 Å². The van der Waals surface area contributed by atoms with Crippen LogP contribution in [0.1, 0.15) is 44.5 Å². The average Bonchev–Trinajstić information content (AvgIpc) is 2.90. The highest BCUT2D eigenvalue weighted by atomic mass is 79.9. The number of rotatable bonds is 0. The lowest BCUT2D eigenvalue weighted by Crippen LogP contribution is -1.86. The summed E-state index contributed by atoms with van der Waals surface area (Å²) < 4.78 is 8.10. The molecule has 0 amide bonds. The third kappa shape index (κ3) is 7.24. The second-order valence-corrected chi connectivity index (χ2v) is 15.7. The van der Waals surface area contributed by atoms with E-state index in [1.165, 1.54) is 0 Å². The first kappa shape index (κ1) is 31.1. The first-order valence-electron chi connectivity index (χ1n) is 11.8. The Bertz CT molecular complexity index is 1390. The van der Waals surface area contributed by atoms with Crippen molar-refractivity contribution in [2.24, 2.45) is 0 Å². The number of hydrogen-bond donors (Lipinski definition) is 0. The zero-order valence-corrected chi connectivity index (χ0v) is 32.9. The SMILES string of the molecule is Brc1cc2c(Br)cc1C=Cc1cc(Br)c(cc1Br)/C=C\c1cc(Br)c(cc1Br)/C=C\c1cc(Br)c(cc1Br)/C=C\2. The second kappa shape index (κ2) is 13.5. The van der Waals surface area contributed by atoms with Crippen molar-refractivity contribution in [2.75, 3.05) is 0 Å². The van der Waals surface area contributed by atoms with E-state index in [0.29, 0.717) is 0 Å². The molecule has 0 N–H and O–H groups in total. The van der Waals surface area contributed by atoms with Gasteiger partial charge in [-0.25, -0.2) is 0 Å². The third-order valence-electron chi connectivity index (χ3n) is 6.23. The fraction of sp³-hybridized carbons (Fsp3) is 0. The summed E-state index contributed by atoms with van der Waals surface area (Å²) in [6, 6.07) is 17.0. The minimum Gasteiger partial charge on any atom is -0.0532 e.